The van der Waals surface area contributed by atoms with Gasteiger partial charge in [-0.15, -0.1) is 62.3 Å². The molecule has 5 N–H and O–H groups in total. The van der Waals surface area contributed by atoms with Gasteiger partial charge in [0.25, 0.3) is 4.84 Å². The Hall–Kier alpha value is -8.87. The second-order valence-electron chi connectivity index (χ2n) is 32.7. The number of aromatic nitrogens is 15. The Bertz CT molecular complexity index is 4450. The topological polar surface area (TPSA) is 355 Å². The van der Waals surface area contributed by atoms with Crippen molar-refractivity contribution < 1.29 is 31.6 Å². The van der Waals surface area contributed by atoms with Gasteiger partial charge in [0.2, 0.25) is 41.8 Å². The minimum atomic E-state index is -0.495. The van der Waals surface area contributed by atoms with Crippen molar-refractivity contribution >= 4 is 69.5 Å². The zero-order valence-electron chi connectivity index (χ0n) is 66.8. The number of aryl methyl sites for hydroxylation is 1. The molecule has 1 fully saturated rings. The maximum Gasteiger partial charge on any atom is 0.437 e. The predicted molar refractivity (Wildman–Crippen MR) is 423 cm³/mol. The lowest BCUT2D eigenvalue weighted by molar-refractivity contribution is -0.118. The second-order valence-corrected chi connectivity index (χ2v) is 35.9. The molecule has 106 heavy (non-hydrogen) atoms. The number of hydrogen-bond acceptors (Lipinski definition) is 26. The summed E-state index contributed by atoms with van der Waals surface area (Å²) in [4.78, 5) is 36.3. The third kappa shape index (κ3) is 29.8. The molecule has 0 radical (unpaired) electrons. The highest BCUT2D eigenvalue weighted by molar-refractivity contribution is 8.00. The number of carbonyl (C=O) groups is 1. The highest BCUT2D eigenvalue weighted by Gasteiger charge is 2.51. The SMILES string of the molecule is CC(C)(C)c1n[nH]c(=O)o1.CC(C)(C)c1n[nH]c(=S)o1.CC(C)(C)c1nnc(N)o1.CC(C)(C)c1nnco1.CC(C)(C)c1nncs1.CC1(C)CC(c2ccccc2)(c2cccc(OCc3ccc4ccccc4n3)c2)C1.CCn1nc(C(C)(C)C)oc1=O.CNC(C)=O.CSc1nnc(C(C)(C)C)s1. The average Bonchev–Trinajstić information content (AvgIpc) is 0.970. The Morgan fingerprint density at radius 2 is 1.20 bits per heavy atom. The standard InChI is InChI=1S/C28H27NO.C8H14N2O2.C7H12N2S2.C6H11N3O.C6H10N2O2.C6H10N2OS.C6H10N2O.C6H10N2S.C3H7NO/c1-27(2)19-28(20-27,22-10-4-3-5-11-22)23-12-8-13-25(17-23)30-18-24-16-15-21-9-6-7-14-26(21)29-24;1-5-10-7(11)12-6(9-10)8(2,3)4;1-7(2,3)5-8-9-6(10-4)11-5;1-6(2,3)4-8-9-5(7)10-4;1-6(2,3)4-7-8-5(9)10-4;1-6(2,3)4-7-8-5(10)9-4;2*1-6(2,3)5-8-7-4-9-5;1-3(5)4-2/h3-17H,18-20H2,1-2H3;5H2,1-4H3;1-4H3;1-3H3,(H2,7,9);1-3H3,(H,8,9);1-3H3,(H,8,10);2*4H,1-3H3;1-2H3,(H,4,5). The van der Waals surface area contributed by atoms with Gasteiger partial charge in [-0.1, -0.05) is 254 Å². The third-order valence-electron chi connectivity index (χ3n) is 14.7. The highest BCUT2D eigenvalue weighted by atomic mass is 32.2. The summed E-state index contributed by atoms with van der Waals surface area (Å²) in [7, 11) is 1.60. The van der Waals surface area contributed by atoms with Crippen molar-refractivity contribution in [3.8, 4) is 5.75 Å². The first-order valence-corrected chi connectivity index (χ1v) is 37.9. The number of amides is 1. The number of hydrogen-bond donors (Lipinski definition) is 4. The van der Waals surface area contributed by atoms with Crippen LogP contribution in [0.2, 0.25) is 0 Å². The molecular formula is C76H111N17O9S4. The Morgan fingerprint density at radius 3 is 1.58 bits per heavy atom. The Morgan fingerprint density at radius 1 is 0.632 bits per heavy atom. The number of carbonyl (C=O) groups excluding carboxylic acids is 1. The van der Waals surface area contributed by atoms with Crippen LogP contribution in [0.4, 0.5) is 6.01 Å². The summed E-state index contributed by atoms with van der Waals surface area (Å²) in [5.74, 6) is 2.89. The lowest BCUT2D eigenvalue weighted by Crippen LogP contribution is -2.47. The van der Waals surface area contributed by atoms with E-state index in [2.05, 4.69) is 188 Å². The lowest BCUT2D eigenvalue weighted by Gasteiger charge is -2.54. The van der Waals surface area contributed by atoms with Crippen molar-refractivity contribution in [3.63, 3.8) is 0 Å². The number of nitrogen functional groups attached to an aromatic ring is 1. The smallest absolute Gasteiger partial charge is 0.437 e. The molecule has 8 aromatic heterocycles. The first kappa shape index (κ1) is 89.5. The fourth-order valence-electron chi connectivity index (χ4n) is 9.19. The predicted octanol–water partition coefficient (Wildman–Crippen LogP) is 17.2. The third-order valence-corrected chi connectivity index (χ3v) is 18.3. The molecule has 3 aromatic carbocycles. The van der Waals surface area contributed by atoms with E-state index >= 15 is 0 Å². The molecule has 0 spiro atoms. The molecule has 1 aliphatic carbocycles. The molecule has 0 atom stereocenters. The van der Waals surface area contributed by atoms with Gasteiger partial charge in [-0.25, -0.2) is 24.8 Å². The molecule has 11 aromatic rings. The zero-order valence-corrected chi connectivity index (χ0v) is 70.1. The van der Waals surface area contributed by atoms with Gasteiger partial charge in [-0.2, -0.15) is 4.68 Å². The molecule has 0 saturated heterocycles. The van der Waals surface area contributed by atoms with E-state index in [0.717, 1.165) is 49.5 Å². The maximum absolute atomic E-state index is 11.1. The lowest BCUT2D eigenvalue weighted by atomic mass is 9.49. The molecule has 1 amide bonds. The average molecular weight is 1540 g/mol. The molecule has 578 valence electrons. The van der Waals surface area contributed by atoms with Crippen LogP contribution in [-0.2, 0) is 61.3 Å². The van der Waals surface area contributed by atoms with Crippen LogP contribution in [-0.4, -0.2) is 95.2 Å². The van der Waals surface area contributed by atoms with Crippen LogP contribution in [0.15, 0.2) is 139 Å². The van der Waals surface area contributed by atoms with E-state index in [4.69, 9.17) is 49.8 Å². The monoisotopic (exact) mass is 1530 g/mol. The quantitative estimate of drug-likeness (QED) is 0.0850. The molecule has 30 heteroatoms. The molecule has 26 nitrogen and oxygen atoms in total. The number of nitrogens with zero attached hydrogens (tertiary/aromatic N) is 13. The molecule has 0 unspecified atom stereocenters. The minimum absolute atomic E-state index is 0.00463. The second kappa shape index (κ2) is 38.6. The molecule has 1 aliphatic rings. The van der Waals surface area contributed by atoms with Crippen LogP contribution in [0.3, 0.4) is 0 Å². The van der Waals surface area contributed by atoms with Gasteiger partial charge in [0.1, 0.15) is 27.9 Å². The summed E-state index contributed by atoms with van der Waals surface area (Å²) < 4.78 is 33.3. The Labute approximate surface area is 640 Å². The van der Waals surface area contributed by atoms with Crippen LogP contribution < -0.4 is 27.3 Å². The molecule has 8 heterocycles. The van der Waals surface area contributed by atoms with E-state index < -0.39 is 5.76 Å². The van der Waals surface area contributed by atoms with E-state index in [-0.39, 0.29) is 61.0 Å². The van der Waals surface area contributed by atoms with Crippen LogP contribution in [0.25, 0.3) is 10.9 Å². The van der Waals surface area contributed by atoms with Crippen molar-refractivity contribution in [2.45, 2.75) is 247 Å². The van der Waals surface area contributed by atoms with Crippen molar-refractivity contribution in [3.05, 3.63) is 185 Å². The number of thioether (sulfide) groups is 1. The van der Waals surface area contributed by atoms with E-state index in [1.54, 1.807) is 47.0 Å². The van der Waals surface area contributed by atoms with Crippen LogP contribution >= 0.6 is 46.7 Å². The molecular weight excluding hydrogens is 1420 g/mol. The number of fused-ring (bicyclic) bond motifs is 1. The van der Waals surface area contributed by atoms with Crippen LogP contribution in [0.1, 0.15) is 242 Å². The van der Waals surface area contributed by atoms with Gasteiger partial charge in [0.05, 0.1) is 11.2 Å². The maximum atomic E-state index is 11.1. The first-order chi connectivity index (χ1) is 49.0. The van der Waals surface area contributed by atoms with Crippen molar-refractivity contribution in [2.24, 2.45) is 5.41 Å². The number of para-hydroxylation sites is 1. The van der Waals surface area contributed by atoms with Crippen molar-refractivity contribution in [1.29, 1.82) is 0 Å². The summed E-state index contributed by atoms with van der Waals surface area (Å²) in [5, 5.41) is 52.6. The molecule has 1 saturated carbocycles. The number of anilines is 1. The van der Waals surface area contributed by atoms with Gasteiger partial charge in [0.15, 0.2) is 4.34 Å². The summed E-state index contributed by atoms with van der Waals surface area (Å²) >= 11 is 9.66. The summed E-state index contributed by atoms with van der Waals surface area (Å²) in [6, 6.07) is 32.0. The number of benzene rings is 3. The highest BCUT2D eigenvalue weighted by Crippen LogP contribution is 2.59. The number of ether oxygens (including phenoxy) is 1. The van der Waals surface area contributed by atoms with E-state index in [0.29, 0.717) is 52.9 Å². The number of pyridine rings is 1. The van der Waals surface area contributed by atoms with E-state index in [1.807, 2.05) is 147 Å². The van der Waals surface area contributed by atoms with Crippen molar-refractivity contribution in [2.75, 3.05) is 19.0 Å². The van der Waals surface area contributed by atoms with Gasteiger partial charge < -0.3 is 37.9 Å². The van der Waals surface area contributed by atoms with Gasteiger partial charge in [0, 0.05) is 69.2 Å². The summed E-state index contributed by atoms with van der Waals surface area (Å²) in [5.41, 5.74) is 11.9. The van der Waals surface area contributed by atoms with Gasteiger partial charge in [-0.05, 0) is 79.0 Å². The van der Waals surface area contributed by atoms with Gasteiger partial charge in [-0.3, -0.25) is 4.79 Å². The number of nitrogens with two attached hydrogens (primary N) is 1. The van der Waals surface area contributed by atoms with Crippen LogP contribution in [0, 0.1) is 10.3 Å². The first-order valence-electron chi connectivity index (χ1n) is 34.5. The molecule has 0 aliphatic heterocycles. The number of aromatic amines is 2. The Balaban J connectivity index is 0.000000268. The summed E-state index contributed by atoms with van der Waals surface area (Å²) in [6.07, 6.45) is 5.67. The molecule has 0 bridgehead atoms. The fourth-order valence-corrected chi connectivity index (χ4v) is 11.3. The summed E-state index contributed by atoms with van der Waals surface area (Å²) in [6.45, 7) is 51.7. The van der Waals surface area contributed by atoms with Gasteiger partial charge >= 0.3 is 17.5 Å². The normalized spacial score (nSPS) is 13.0. The number of H-pyrrole nitrogens is 2. The van der Waals surface area contributed by atoms with E-state index in [1.165, 1.54) is 29.1 Å². The Kier molecular flexibility index (Phi) is 32.6. The van der Waals surface area contributed by atoms with Crippen molar-refractivity contribution in [1.82, 2.24) is 81.3 Å². The van der Waals surface area contributed by atoms with Crippen LogP contribution in [0.5, 0.6) is 5.75 Å². The molecule has 12 rings (SSSR count). The largest absolute Gasteiger partial charge is 0.487 e. The number of nitrogens with one attached hydrogen (secondary N) is 3. The number of rotatable bonds is 7. The zero-order chi connectivity index (χ0) is 79.9. The fraction of sp³-hybridized carbons (Fsp3) is 0.526. The minimum Gasteiger partial charge on any atom is -0.487 e. The van der Waals surface area contributed by atoms with E-state index in [9.17, 15) is 14.4 Å².